The van der Waals surface area contributed by atoms with Crippen LogP contribution in [-0.2, 0) is 4.74 Å². The monoisotopic (exact) mass is 182 g/mol. The smallest absolute Gasteiger partial charge is 0.119 e. The van der Waals surface area contributed by atoms with Crippen molar-refractivity contribution in [3.8, 4) is 0 Å². The van der Waals surface area contributed by atoms with Crippen LogP contribution < -0.4 is 0 Å². The van der Waals surface area contributed by atoms with E-state index in [0.717, 1.165) is 19.3 Å². The van der Waals surface area contributed by atoms with E-state index >= 15 is 0 Å². The van der Waals surface area contributed by atoms with Crippen LogP contribution in [0.1, 0.15) is 26.2 Å². The van der Waals surface area contributed by atoms with Crippen LogP contribution in [0.15, 0.2) is 24.1 Å². The third-order valence-electron chi connectivity index (χ3n) is 2.87. The van der Waals surface area contributed by atoms with Crippen molar-refractivity contribution in [2.24, 2.45) is 5.92 Å². The van der Waals surface area contributed by atoms with E-state index < -0.39 is 0 Å². The van der Waals surface area contributed by atoms with Gasteiger partial charge in [0.15, 0.2) is 0 Å². The van der Waals surface area contributed by atoms with Crippen molar-refractivity contribution >= 4 is 0 Å². The van der Waals surface area contributed by atoms with Crippen LogP contribution in [0.25, 0.3) is 0 Å². The first kappa shape index (κ1) is 8.95. The Balaban J connectivity index is 2.04. The van der Waals surface area contributed by atoms with Crippen molar-refractivity contribution in [2.75, 3.05) is 0 Å². The van der Waals surface area contributed by atoms with Crippen LogP contribution in [0.2, 0.25) is 0 Å². The normalized spacial score (nSPS) is 38.3. The van der Waals surface area contributed by atoms with Crippen molar-refractivity contribution in [3.63, 3.8) is 0 Å². The number of fused-ring (bicyclic) bond motifs is 1. The summed E-state index contributed by atoms with van der Waals surface area (Å²) < 4.78 is 18.6. The molecule has 0 aromatic carbocycles. The van der Waals surface area contributed by atoms with Gasteiger partial charge in [0.2, 0.25) is 0 Å². The Hall–Kier alpha value is -0.630. The highest BCUT2D eigenvalue weighted by Crippen LogP contribution is 2.32. The zero-order chi connectivity index (χ0) is 9.26. The van der Waals surface area contributed by atoms with Gasteiger partial charge in [-0.05, 0) is 31.4 Å². The van der Waals surface area contributed by atoms with Crippen LogP contribution >= 0.6 is 0 Å². The van der Waals surface area contributed by atoms with E-state index in [1.54, 1.807) is 6.08 Å². The van der Waals surface area contributed by atoms with E-state index in [2.05, 4.69) is 6.92 Å². The molecule has 2 rings (SSSR count). The topological polar surface area (TPSA) is 9.23 Å². The van der Waals surface area contributed by atoms with E-state index in [4.69, 9.17) is 4.74 Å². The maximum atomic E-state index is 12.9. The van der Waals surface area contributed by atoms with E-state index in [-0.39, 0.29) is 17.8 Å². The minimum absolute atomic E-state index is 0.111. The summed E-state index contributed by atoms with van der Waals surface area (Å²) in [7, 11) is 0. The molecule has 3 atom stereocenters. The van der Waals surface area contributed by atoms with Crippen molar-refractivity contribution in [2.45, 2.75) is 38.4 Å². The lowest BCUT2D eigenvalue weighted by molar-refractivity contribution is -0.0488. The maximum absolute atomic E-state index is 12.9. The number of halogens is 1. The highest BCUT2D eigenvalue weighted by molar-refractivity contribution is 5.21. The van der Waals surface area contributed by atoms with Gasteiger partial charge in [0.25, 0.3) is 0 Å². The molecule has 72 valence electrons. The Morgan fingerprint density at radius 3 is 3.15 bits per heavy atom. The first-order chi connectivity index (χ1) is 6.29. The molecule has 0 spiro atoms. The predicted molar refractivity (Wildman–Crippen MR) is 50.0 cm³/mol. The Kier molecular flexibility index (Phi) is 2.49. The highest BCUT2D eigenvalue weighted by atomic mass is 19.1. The van der Waals surface area contributed by atoms with Gasteiger partial charge in [-0.1, -0.05) is 13.0 Å². The Bertz CT molecular complexity index is 244. The second kappa shape index (κ2) is 3.62. The van der Waals surface area contributed by atoms with Gasteiger partial charge in [0, 0.05) is 5.92 Å². The molecule has 1 nitrogen and oxygen atoms in total. The van der Waals surface area contributed by atoms with Gasteiger partial charge in [-0.2, -0.15) is 0 Å². The van der Waals surface area contributed by atoms with Crippen molar-refractivity contribution in [1.29, 1.82) is 0 Å². The van der Waals surface area contributed by atoms with E-state index in [1.807, 2.05) is 6.08 Å². The quantitative estimate of drug-likeness (QED) is 0.605. The summed E-state index contributed by atoms with van der Waals surface area (Å²) in [4.78, 5) is 0. The van der Waals surface area contributed by atoms with Gasteiger partial charge in [-0.3, -0.25) is 0 Å². The molecule has 0 aromatic rings. The second-order valence-corrected chi connectivity index (χ2v) is 3.78. The molecule has 3 unspecified atom stereocenters. The first-order valence-electron chi connectivity index (χ1n) is 5.00. The molecule has 1 fully saturated rings. The fourth-order valence-corrected chi connectivity index (χ4v) is 2.05. The van der Waals surface area contributed by atoms with Crippen LogP contribution in [0.5, 0.6) is 0 Å². The van der Waals surface area contributed by atoms with Crippen LogP contribution in [0, 0.1) is 5.92 Å². The third-order valence-corrected chi connectivity index (χ3v) is 2.87. The number of hydrogen-bond donors (Lipinski definition) is 0. The van der Waals surface area contributed by atoms with Crippen LogP contribution in [0.3, 0.4) is 0 Å². The van der Waals surface area contributed by atoms with Gasteiger partial charge in [-0.15, -0.1) is 0 Å². The minimum atomic E-state index is -0.111. The summed E-state index contributed by atoms with van der Waals surface area (Å²) in [5.74, 6) is 0.160. The van der Waals surface area contributed by atoms with E-state index in [0.29, 0.717) is 6.10 Å². The fraction of sp³-hybridized carbons (Fsp3) is 0.636. The Labute approximate surface area is 78.3 Å². The van der Waals surface area contributed by atoms with Crippen molar-refractivity contribution < 1.29 is 9.13 Å². The molecule has 0 aromatic heterocycles. The molecule has 2 aliphatic rings. The summed E-state index contributed by atoms with van der Waals surface area (Å²) in [6.45, 7) is 2.13. The molecule has 0 N–H and O–H groups in total. The summed E-state index contributed by atoms with van der Waals surface area (Å²) >= 11 is 0. The number of hydrogen-bond acceptors (Lipinski definition) is 1. The summed E-state index contributed by atoms with van der Waals surface area (Å²) in [5, 5.41) is 0. The Morgan fingerprint density at radius 1 is 1.54 bits per heavy atom. The predicted octanol–water partition coefficient (Wildman–Crippen LogP) is 2.98. The molecule has 2 heteroatoms. The van der Waals surface area contributed by atoms with Gasteiger partial charge >= 0.3 is 0 Å². The summed E-state index contributed by atoms with van der Waals surface area (Å²) in [6.07, 6.45) is 8.73. The molecular formula is C11H15FO. The molecule has 1 aliphatic carbocycles. The molecule has 0 radical (unpaired) electrons. The van der Waals surface area contributed by atoms with E-state index in [9.17, 15) is 4.39 Å². The Morgan fingerprint density at radius 2 is 2.38 bits per heavy atom. The first-order valence-corrected chi connectivity index (χ1v) is 5.00. The van der Waals surface area contributed by atoms with Gasteiger partial charge in [0.1, 0.15) is 5.83 Å². The lowest BCUT2D eigenvalue weighted by atomic mass is 9.88. The average molecular weight is 182 g/mol. The maximum Gasteiger partial charge on any atom is 0.119 e. The SMILES string of the molecule is CCC1CCC2C=C(F)C=CC2O1. The number of allylic oxidation sites excluding steroid dienone is 2. The molecule has 0 bridgehead atoms. The van der Waals surface area contributed by atoms with Crippen LogP contribution in [-0.4, -0.2) is 12.2 Å². The molecule has 0 saturated carbocycles. The molecule has 1 saturated heterocycles. The third kappa shape index (κ3) is 1.83. The zero-order valence-corrected chi connectivity index (χ0v) is 7.87. The van der Waals surface area contributed by atoms with Gasteiger partial charge < -0.3 is 4.74 Å². The molecule has 1 aliphatic heterocycles. The van der Waals surface area contributed by atoms with Gasteiger partial charge in [-0.25, -0.2) is 4.39 Å². The van der Waals surface area contributed by atoms with Crippen molar-refractivity contribution in [3.05, 3.63) is 24.1 Å². The zero-order valence-electron chi connectivity index (χ0n) is 7.87. The lowest BCUT2D eigenvalue weighted by Gasteiger charge is -2.34. The standard InChI is InChI=1S/C11H15FO/c1-2-10-5-3-8-7-9(12)4-6-11(8)13-10/h4,6-8,10-11H,2-3,5H2,1H3. The number of ether oxygens (including phenoxy) is 1. The van der Waals surface area contributed by atoms with E-state index in [1.165, 1.54) is 6.08 Å². The molecule has 0 amide bonds. The molecule has 13 heavy (non-hydrogen) atoms. The summed E-state index contributed by atoms with van der Waals surface area (Å²) in [5.41, 5.74) is 0. The largest absolute Gasteiger partial charge is 0.370 e. The van der Waals surface area contributed by atoms with Gasteiger partial charge in [0.05, 0.1) is 12.2 Å². The molecule has 1 heterocycles. The lowest BCUT2D eigenvalue weighted by Crippen LogP contribution is -2.33. The minimum Gasteiger partial charge on any atom is -0.370 e. The summed E-state index contributed by atoms with van der Waals surface area (Å²) in [6, 6.07) is 0. The van der Waals surface area contributed by atoms with Crippen LogP contribution in [0.4, 0.5) is 4.39 Å². The average Bonchev–Trinajstić information content (AvgIpc) is 2.17. The second-order valence-electron chi connectivity index (χ2n) is 3.78. The number of rotatable bonds is 1. The van der Waals surface area contributed by atoms with Crippen molar-refractivity contribution in [1.82, 2.24) is 0 Å². The fourth-order valence-electron chi connectivity index (χ4n) is 2.05. The highest BCUT2D eigenvalue weighted by Gasteiger charge is 2.29. The molecular weight excluding hydrogens is 167 g/mol.